The minimum atomic E-state index is -0.370. The van der Waals surface area contributed by atoms with E-state index in [9.17, 15) is 5.11 Å². The summed E-state index contributed by atoms with van der Waals surface area (Å²) in [6, 6.07) is 1.74. The monoisotopic (exact) mass is 246 g/mol. The number of hydrogen-bond acceptors (Lipinski definition) is 6. The van der Waals surface area contributed by atoms with Gasteiger partial charge in [0.2, 0.25) is 11.7 Å². The Labute approximate surface area is 104 Å². The average molecular weight is 246 g/mol. The third-order valence-corrected chi connectivity index (χ3v) is 3.02. The largest absolute Gasteiger partial charge is 0.392 e. The van der Waals surface area contributed by atoms with Crippen LogP contribution in [0.4, 0.5) is 0 Å². The van der Waals surface area contributed by atoms with E-state index in [-0.39, 0.29) is 6.10 Å². The van der Waals surface area contributed by atoms with Crippen molar-refractivity contribution < 1.29 is 9.63 Å². The zero-order valence-electron chi connectivity index (χ0n) is 10.1. The number of aliphatic hydroxyl groups excluding tert-OH is 1. The number of rotatable bonds is 4. The second-order valence-electron chi connectivity index (χ2n) is 4.61. The summed E-state index contributed by atoms with van der Waals surface area (Å²) in [4.78, 5) is 12.5. The van der Waals surface area contributed by atoms with Crippen LogP contribution in [0.5, 0.6) is 0 Å². The number of aryl methyl sites for hydroxylation is 1. The van der Waals surface area contributed by atoms with Gasteiger partial charge in [0.1, 0.15) is 11.5 Å². The van der Waals surface area contributed by atoms with Gasteiger partial charge >= 0.3 is 0 Å². The quantitative estimate of drug-likeness (QED) is 0.871. The molecule has 0 radical (unpaired) electrons. The Morgan fingerprint density at radius 1 is 1.44 bits per heavy atom. The van der Waals surface area contributed by atoms with Crippen molar-refractivity contribution in [1.82, 2.24) is 20.1 Å². The molecule has 94 valence electrons. The lowest BCUT2D eigenvalue weighted by molar-refractivity contribution is 0.140. The first-order valence-corrected chi connectivity index (χ1v) is 6.03. The Morgan fingerprint density at radius 3 is 3.00 bits per heavy atom. The maximum atomic E-state index is 9.81. The second-order valence-corrected chi connectivity index (χ2v) is 4.61. The zero-order chi connectivity index (χ0) is 12.5. The summed E-state index contributed by atoms with van der Waals surface area (Å²) in [7, 11) is 0. The van der Waals surface area contributed by atoms with Gasteiger partial charge in [0, 0.05) is 6.20 Å². The first-order chi connectivity index (χ1) is 8.72. The summed E-state index contributed by atoms with van der Waals surface area (Å²) in [5.74, 6) is 1.97. The van der Waals surface area contributed by atoms with Crippen molar-refractivity contribution in [3.05, 3.63) is 24.0 Å². The van der Waals surface area contributed by atoms with Crippen molar-refractivity contribution in [1.29, 1.82) is 0 Å². The molecule has 0 aromatic carbocycles. The minimum Gasteiger partial charge on any atom is -0.392 e. The first kappa shape index (κ1) is 11.3. The SMILES string of the molecule is Cc1nccc(-c2noc(CC(O)C3CC3)n2)n1. The molecule has 2 heterocycles. The van der Waals surface area contributed by atoms with Gasteiger partial charge in [-0.3, -0.25) is 0 Å². The van der Waals surface area contributed by atoms with Crippen LogP contribution in [0.3, 0.4) is 0 Å². The first-order valence-electron chi connectivity index (χ1n) is 6.03. The second kappa shape index (κ2) is 4.45. The van der Waals surface area contributed by atoms with E-state index in [2.05, 4.69) is 20.1 Å². The van der Waals surface area contributed by atoms with E-state index >= 15 is 0 Å². The predicted molar refractivity (Wildman–Crippen MR) is 62.5 cm³/mol. The van der Waals surface area contributed by atoms with Gasteiger partial charge in [-0.25, -0.2) is 9.97 Å². The van der Waals surface area contributed by atoms with Crippen LogP contribution in [0.25, 0.3) is 11.5 Å². The molecule has 1 saturated carbocycles. The highest BCUT2D eigenvalue weighted by Crippen LogP contribution is 2.33. The Balaban J connectivity index is 1.76. The van der Waals surface area contributed by atoms with Crippen LogP contribution in [0, 0.1) is 12.8 Å². The van der Waals surface area contributed by atoms with Crippen molar-refractivity contribution in [2.24, 2.45) is 5.92 Å². The fraction of sp³-hybridized carbons (Fsp3) is 0.500. The summed E-state index contributed by atoms with van der Waals surface area (Å²) in [5.41, 5.74) is 0.637. The van der Waals surface area contributed by atoms with E-state index in [4.69, 9.17) is 4.52 Å². The van der Waals surface area contributed by atoms with Gasteiger partial charge in [0.25, 0.3) is 0 Å². The maximum absolute atomic E-state index is 9.81. The highest BCUT2D eigenvalue weighted by molar-refractivity contribution is 5.46. The lowest BCUT2D eigenvalue weighted by Crippen LogP contribution is -2.12. The third kappa shape index (κ3) is 2.38. The van der Waals surface area contributed by atoms with Gasteiger partial charge in [0.05, 0.1) is 12.5 Å². The van der Waals surface area contributed by atoms with Gasteiger partial charge in [-0.2, -0.15) is 4.98 Å². The van der Waals surface area contributed by atoms with Gasteiger partial charge in [-0.15, -0.1) is 0 Å². The van der Waals surface area contributed by atoms with Crippen molar-refractivity contribution >= 4 is 0 Å². The van der Waals surface area contributed by atoms with Crippen LogP contribution in [0.15, 0.2) is 16.8 Å². The molecule has 1 aliphatic rings. The molecule has 0 saturated heterocycles. The number of aliphatic hydroxyl groups is 1. The molecule has 0 amide bonds. The average Bonchev–Trinajstić information content (AvgIpc) is 3.10. The molecule has 1 unspecified atom stereocenters. The third-order valence-electron chi connectivity index (χ3n) is 3.02. The van der Waals surface area contributed by atoms with Crippen LogP contribution in [-0.4, -0.2) is 31.3 Å². The fourth-order valence-corrected chi connectivity index (χ4v) is 1.85. The molecule has 3 rings (SSSR count). The van der Waals surface area contributed by atoms with Crippen LogP contribution in [0.1, 0.15) is 24.6 Å². The Hall–Kier alpha value is -1.82. The van der Waals surface area contributed by atoms with E-state index < -0.39 is 0 Å². The molecule has 6 heteroatoms. The normalized spacial score (nSPS) is 16.8. The summed E-state index contributed by atoms with van der Waals surface area (Å²) < 4.78 is 5.13. The molecule has 0 spiro atoms. The molecular weight excluding hydrogens is 232 g/mol. The summed E-state index contributed by atoms with van der Waals surface area (Å²) in [6.07, 6.45) is 3.89. The fourth-order valence-electron chi connectivity index (χ4n) is 1.85. The van der Waals surface area contributed by atoms with Crippen LogP contribution in [-0.2, 0) is 6.42 Å². The number of nitrogens with zero attached hydrogens (tertiary/aromatic N) is 4. The minimum absolute atomic E-state index is 0.370. The highest BCUT2D eigenvalue weighted by Gasteiger charge is 2.31. The molecule has 0 aliphatic heterocycles. The van der Waals surface area contributed by atoms with Crippen LogP contribution >= 0.6 is 0 Å². The Bertz CT molecular complexity index is 551. The molecule has 2 aromatic heterocycles. The molecule has 1 aliphatic carbocycles. The van der Waals surface area contributed by atoms with E-state index in [1.165, 1.54) is 0 Å². The molecule has 6 nitrogen and oxygen atoms in total. The highest BCUT2D eigenvalue weighted by atomic mass is 16.5. The standard InChI is InChI=1S/C12H14N4O2/c1-7-13-5-4-9(14-7)12-15-11(18-16-12)6-10(17)8-2-3-8/h4-5,8,10,17H,2-3,6H2,1H3. The van der Waals surface area contributed by atoms with E-state index in [0.717, 1.165) is 12.8 Å². The molecular formula is C12H14N4O2. The molecule has 2 aromatic rings. The van der Waals surface area contributed by atoms with Crippen molar-refractivity contribution in [3.8, 4) is 11.5 Å². The lowest BCUT2D eigenvalue weighted by atomic mass is 10.2. The van der Waals surface area contributed by atoms with Gasteiger partial charge in [-0.05, 0) is 31.7 Å². The lowest BCUT2D eigenvalue weighted by Gasteiger charge is -2.03. The van der Waals surface area contributed by atoms with Crippen molar-refractivity contribution in [3.63, 3.8) is 0 Å². The van der Waals surface area contributed by atoms with Crippen molar-refractivity contribution in [2.75, 3.05) is 0 Å². The zero-order valence-corrected chi connectivity index (χ0v) is 10.1. The smallest absolute Gasteiger partial charge is 0.229 e. The van der Waals surface area contributed by atoms with Crippen LogP contribution < -0.4 is 0 Å². The van der Waals surface area contributed by atoms with Gasteiger partial charge < -0.3 is 9.63 Å². The van der Waals surface area contributed by atoms with E-state index in [1.54, 1.807) is 19.2 Å². The summed E-state index contributed by atoms with van der Waals surface area (Å²) >= 11 is 0. The van der Waals surface area contributed by atoms with Crippen LogP contribution in [0.2, 0.25) is 0 Å². The number of hydrogen-bond donors (Lipinski definition) is 1. The van der Waals surface area contributed by atoms with E-state index in [1.807, 2.05) is 0 Å². The summed E-state index contributed by atoms with van der Waals surface area (Å²) in [5, 5.41) is 13.7. The molecule has 1 fully saturated rings. The Morgan fingerprint density at radius 2 is 2.28 bits per heavy atom. The van der Waals surface area contributed by atoms with Gasteiger partial charge in [-0.1, -0.05) is 5.16 Å². The number of aromatic nitrogens is 4. The topological polar surface area (TPSA) is 84.9 Å². The predicted octanol–water partition coefficient (Wildman–Crippen LogP) is 1.15. The van der Waals surface area contributed by atoms with E-state index in [0.29, 0.717) is 35.6 Å². The van der Waals surface area contributed by atoms with Crippen molar-refractivity contribution in [2.45, 2.75) is 32.3 Å². The molecule has 0 bridgehead atoms. The molecule has 1 N–H and O–H groups in total. The maximum Gasteiger partial charge on any atom is 0.229 e. The molecule has 1 atom stereocenters. The van der Waals surface area contributed by atoms with Gasteiger partial charge in [0.15, 0.2) is 0 Å². The summed E-state index contributed by atoms with van der Waals surface area (Å²) in [6.45, 7) is 1.81. The molecule has 18 heavy (non-hydrogen) atoms. The Kier molecular flexibility index (Phi) is 2.79.